The Morgan fingerprint density at radius 3 is 2.45 bits per heavy atom. The summed E-state index contributed by atoms with van der Waals surface area (Å²) < 4.78 is 18.3. The fourth-order valence-corrected chi connectivity index (χ4v) is 2.77. The molecule has 2 aromatic carbocycles. The molecular formula is C17H12ClFN2O. The second-order valence-corrected chi connectivity index (χ2v) is 5.90. The van der Waals surface area contributed by atoms with Crippen molar-refractivity contribution in [3.8, 4) is 11.4 Å². The van der Waals surface area contributed by atoms with Crippen molar-refractivity contribution >= 4 is 11.6 Å². The molecule has 1 saturated carbocycles. The van der Waals surface area contributed by atoms with E-state index in [1.807, 2.05) is 24.3 Å². The van der Waals surface area contributed by atoms with Crippen LogP contribution in [0.3, 0.4) is 0 Å². The Balaban J connectivity index is 1.53. The third kappa shape index (κ3) is 2.50. The zero-order valence-corrected chi connectivity index (χ0v) is 12.3. The van der Waals surface area contributed by atoms with Crippen LogP contribution in [0.15, 0.2) is 53.1 Å². The lowest BCUT2D eigenvalue weighted by molar-refractivity contribution is 0.378. The number of benzene rings is 2. The van der Waals surface area contributed by atoms with Crippen LogP contribution >= 0.6 is 11.6 Å². The molecule has 3 nitrogen and oxygen atoms in total. The topological polar surface area (TPSA) is 38.9 Å². The Kier molecular flexibility index (Phi) is 3.19. The number of hydrogen-bond acceptors (Lipinski definition) is 3. The lowest BCUT2D eigenvalue weighted by Crippen LogP contribution is -1.85. The van der Waals surface area contributed by atoms with Gasteiger partial charge in [-0.3, -0.25) is 0 Å². The van der Waals surface area contributed by atoms with Crippen molar-refractivity contribution in [3.05, 3.63) is 70.8 Å². The molecule has 1 aromatic heterocycles. The van der Waals surface area contributed by atoms with E-state index in [1.165, 1.54) is 17.7 Å². The summed E-state index contributed by atoms with van der Waals surface area (Å²) in [5.41, 5.74) is 1.98. The van der Waals surface area contributed by atoms with Crippen LogP contribution in [-0.4, -0.2) is 10.1 Å². The Hall–Kier alpha value is -2.20. The van der Waals surface area contributed by atoms with Gasteiger partial charge in [-0.15, -0.1) is 0 Å². The van der Waals surface area contributed by atoms with Gasteiger partial charge in [-0.1, -0.05) is 28.9 Å². The molecule has 0 radical (unpaired) electrons. The van der Waals surface area contributed by atoms with E-state index in [0.29, 0.717) is 17.6 Å². The molecule has 4 rings (SSSR count). The quantitative estimate of drug-likeness (QED) is 0.697. The molecule has 1 fully saturated rings. The Bertz CT molecular complexity index is 798. The smallest absolute Gasteiger partial charge is 0.230 e. The van der Waals surface area contributed by atoms with Gasteiger partial charge in [-0.05, 0) is 54.3 Å². The van der Waals surface area contributed by atoms with Crippen molar-refractivity contribution in [1.29, 1.82) is 0 Å². The van der Waals surface area contributed by atoms with Crippen molar-refractivity contribution in [3.63, 3.8) is 0 Å². The number of halogens is 2. The minimum Gasteiger partial charge on any atom is -0.339 e. The van der Waals surface area contributed by atoms with Crippen LogP contribution in [-0.2, 0) is 0 Å². The standard InChI is InChI=1S/C17H12ClFN2O/c18-12-5-1-10(2-6-12)14-9-15(14)17-20-16(21-22-17)11-3-7-13(19)8-4-11/h1-8,14-15H,9H2. The van der Waals surface area contributed by atoms with Gasteiger partial charge in [0.25, 0.3) is 0 Å². The number of hydrogen-bond donors (Lipinski definition) is 0. The normalized spacial score (nSPS) is 20.1. The molecule has 1 aliphatic carbocycles. The number of nitrogens with zero attached hydrogens (tertiary/aromatic N) is 2. The maximum absolute atomic E-state index is 12.9. The van der Waals surface area contributed by atoms with Crippen LogP contribution in [0.4, 0.5) is 4.39 Å². The SMILES string of the molecule is Fc1ccc(-c2noc(C3CC3c3ccc(Cl)cc3)n2)cc1. The minimum absolute atomic E-state index is 0.253. The molecule has 22 heavy (non-hydrogen) atoms. The molecule has 1 aliphatic rings. The second kappa shape index (κ2) is 5.21. The van der Waals surface area contributed by atoms with Gasteiger partial charge in [0, 0.05) is 16.5 Å². The lowest BCUT2D eigenvalue weighted by Gasteiger charge is -1.98. The molecule has 3 aromatic rings. The highest BCUT2D eigenvalue weighted by molar-refractivity contribution is 6.30. The van der Waals surface area contributed by atoms with Crippen LogP contribution in [0.25, 0.3) is 11.4 Å². The van der Waals surface area contributed by atoms with Gasteiger partial charge < -0.3 is 4.52 Å². The fourth-order valence-electron chi connectivity index (χ4n) is 2.65. The average Bonchev–Trinajstić information content (AvgIpc) is 3.17. The Morgan fingerprint density at radius 2 is 1.73 bits per heavy atom. The minimum atomic E-state index is -0.280. The summed E-state index contributed by atoms with van der Waals surface area (Å²) in [5.74, 6) is 1.51. The lowest BCUT2D eigenvalue weighted by atomic mass is 10.1. The molecule has 0 saturated heterocycles. The fraction of sp³-hybridized carbons (Fsp3) is 0.176. The van der Waals surface area contributed by atoms with E-state index < -0.39 is 0 Å². The van der Waals surface area contributed by atoms with Gasteiger partial charge >= 0.3 is 0 Å². The summed E-state index contributed by atoms with van der Waals surface area (Å²) in [6.45, 7) is 0. The van der Waals surface area contributed by atoms with Gasteiger partial charge in [0.2, 0.25) is 11.7 Å². The van der Waals surface area contributed by atoms with E-state index in [-0.39, 0.29) is 11.7 Å². The monoisotopic (exact) mass is 314 g/mol. The first-order chi connectivity index (χ1) is 10.7. The number of rotatable bonds is 3. The molecule has 0 N–H and O–H groups in total. The van der Waals surface area contributed by atoms with Crippen molar-refractivity contribution in [1.82, 2.24) is 10.1 Å². The summed E-state index contributed by atoms with van der Waals surface area (Å²) in [6.07, 6.45) is 0.993. The van der Waals surface area contributed by atoms with Crippen molar-refractivity contribution < 1.29 is 8.91 Å². The summed E-state index contributed by atoms with van der Waals surface area (Å²) >= 11 is 5.90. The van der Waals surface area contributed by atoms with E-state index in [0.717, 1.165) is 17.0 Å². The molecule has 0 aliphatic heterocycles. The Labute approximate surface area is 131 Å². The van der Waals surface area contributed by atoms with Crippen LogP contribution in [0.1, 0.15) is 29.7 Å². The molecule has 110 valence electrons. The zero-order chi connectivity index (χ0) is 15.1. The summed E-state index contributed by atoms with van der Waals surface area (Å²) in [6, 6.07) is 13.9. The zero-order valence-electron chi connectivity index (χ0n) is 11.5. The largest absolute Gasteiger partial charge is 0.339 e. The first kappa shape index (κ1) is 13.5. The van der Waals surface area contributed by atoms with Crippen molar-refractivity contribution in [2.24, 2.45) is 0 Å². The molecule has 0 amide bonds. The molecule has 0 bridgehead atoms. The maximum atomic E-state index is 12.9. The van der Waals surface area contributed by atoms with Crippen LogP contribution < -0.4 is 0 Å². The molecule has 0 spiro atoms. The van der Waals surface area contributed by atoms with Gasteiger partial charge in [0.05, 0.1) is 0 Å². The molecular weight excluding hydrogens is 303 g/mol. The Morgan fingerprint density at radius 1 is 1.00 bits per heavy atom. The molecule has 2 unspecified atom stereocenters. The summed E-state index contributed by atoms with van der Waals surface area (Å²) in [7, 11) is 0. The van der Waals surface area contributed by atoms with Gasteiger partial charge in [-0.25, -0.2) is 4.39 Å². The maximum Gasteiger partial charge on any atom is 0.230 e. The third-order valence-electron chi connectivity index (χ3n) is 3.95. The number of aromatic nitrogens is 2. The van der Waals surface area contributed by atoms with Crippen LogP contribution in [0, 0.1) is 5.82 Å². The van der Waals surface area contributed by atoms with Crippen LogP contribution in [0.2, 0.25) is 5.02 Å². The first-order valence-corrected chi connectivity index (χ1v) is 7.43. The summed E-state index contributed by atoms with van der Waals surface area (Å²) in [5, 5.41) is 4.72. The predicted octanol–water partition coefficient (Wildman–Crippen LogP) is 4.80. The highest BCUT2D eigenvalue weighted by Gasteiger charge is 2.43. The first-order valence-electron chi connectivity index (χ1n) is 7.06. The predicted molar refractivity (Wildman–Crippen MR) is 81.2 cm³/mol. The van der Waals surface area contributed by atoms with E-state index in [9.17, 15) is 4.39 Å². The van der Waals surface area contributed by atoms with Crippen molar-refractivity contribution in [2.75, 3.05) is 0 Å². The molecule has 2 atom stereocenters. The van der Waals surface area contributed by atoms with E-state index >= 15 is 0 Å². The molecule has 5 heteroatoms. The third-order valence-corrected chi connectivity index (χ3v) is 4.20. The average molecular weight is 315 g/mol. The molecule has 1 heterocycles. The van der Waals surface area contributed by atoms with E-state index in [1.54, 1.807) is 12.1 Å². The van der Waals surface area contributed by atoms with Crippen molar-refractivity contribution in [2.45, 2.75) is 18.3 Å². The highest BCUT2D eigenvalue weighted by Crippen LogP contribution is 2.54. The van der Waals surface area contributed by atoms with Crippen LogP contribution in [0.5, 0.6) is 0 Å². The second-order valence-electron chi connectivity index (χ2n) is 5.46. The van der Waals surface area contributed by atoms with Gasteiger partial charge in [0.1, 0.15) is 5.82 Å². The van der Waals surface area contributed by atoms with Gasteiger partial charge in [-0.2, -0.15) is 4.98 Å². The highest BCUT2D eigenvalue weighted by atomic mass is 35.5. The van der Waals surface area contributed by atoms with E-state index in [4.69, 9.17) is 16.1 Å². The van der Waals surface area contributed by atoms with E-state index in [2.05, 4.69) is 10.1 Å². The van der Waals surface area contributed by atoms with Gasteiger partial charge in [0.15, 0.2) is 0 Å². The summed E-state index contributed by atoms with van der Waals surface area (Å²) in [4.78, 5) is 4.44.